The highest BCUT2D eigenvalue weighted by Gasteiger charge is 2.27. The Balaban J connectivity index is 1.62. The first-order valence-electron chi connectivity index (χ1n) is 6.93. The summed E-state index contributed by atoms with van der Waals surface area (Å²) in [5.41, 5.74) is 5.67. The summed E-state index contributed by atoms with van der Waals surface area (Å²) in [6.07, 6.45) is 0. The molecule has 0 radical (unpaired) electrons. The minimum atomic E-state index is 0.124. The van der Waals surface area contributed by atoms with Crippen molar-refractivity contribution in [3.63, 3.8) is 0 Å². The molecule has 0 amide bonds. The van der Waals surface area contributed by atoms with E-state index >= 15 is 0 Å². The second-order valence-corrected chi connectivity index (χ2v) is 5.98. The highest BCUT2D eigenvalue weighted by atomic mass is 32.2. The first kappa shape index (κ1) is 13.2. The summed E-state index contributed by atoms with van der Waals surface area (Å²) < 4.78 is 7.15. The van der Waals surface area contributed by atoms with Gasteiger partial charge >= 0.3 is 0 Å². The minimum Gasteiger partial charge on any atom is -0.497 e. The maximum atomic E-state index is 5.20. The number of hydrogen-bond donors (Lipinski definition) is 1. The van der Waals surface area contributed by atoms with Crippen LogP contribution in [0.5, 0.6) is 5.75 Å². The predicted octanol–water partition coefficient (Wildman–Crippen LogP) is 3.30. The van der Waals surface area contributed by atoms with Crippen molar-refractivity contribution in [3.05, 3.63) is 60.2 Å². The quantitative estimate of drug-likeness (QED) is 0.804. The van der Waals surface area contributed by atoms with Gasteiger partial charge < -0.3 is 10.2 Å². The zero-order chi connectivity index (χ0) is 14.9. The fraction of sp³-hybridized carbons (Fsp3) is 0.125. The Morgan fingerprint density at radius 3 is 2.55 bits per heavy atom. The molecule has 2 heterocycles. The monoisotopic (exact) mass is 310 g/mol. The number of fused-ring (bicyclic) bond motifs is 1. The minimum absolute atomic E-state index is 0.124. The first-order valence-corrected chi connectivity index (χ1v) is 7.81. The number of benzene rings is 2. The van der Waals surface area contributed by atoms with E-state index in [9.17, 15) is 0 Å². The standard InChI is InChI=1S/C16H14N4OS/c1-21-13-9-7-12(8-10-13)15-19-20-14(17-18-16(20)22-15)11-5-3-2-4-6-11/h2-10,15,19H,1H3/t15-/m0/s1. The number of nitrogens with zero attached hydrogens (tertiary/aromatic N) is 3. The molecule has 0 aliphatic carbocycles. The molecule has 0 unspecified atom stereocenters. The van der Waals surface area contributed by atoms with Crippen LogP contribution in [0.1, 0.15) is 10.9 Å². The van der Waals surface area contributed by atoms with Gasteiger partial charge in [-0.1, -0.05) is 54.2 Å². The molecule has 5 nitrogen and oxygen atoms in total. The fourth-order valence-corrected chi connectivity index (χ4v) is 3.40. The summed E-state index contributed by atoms with van der Waals surface area (Å²) in [4.78, 5) is 0. The Labute approximate surface area is 132 Å². The van der Waals surface area contributed by atoms with Crippen molar-refractivity contribution in [2.75, 3.05) is 12.5 Å². The third kappa shape index (κ3) is 2.21. The molecule has 1 aliphatic rings. The highest BCUT2D eigenvalue weighted by Crippen LogP contribution is 2.40. The van der Waals surface area contributed by atoms with Crippen LogP contribution in [0, 0.1) is 0 Å². The van der Waals surface area contributed by atoms with Crippen LogP contribution in [0.15, 0.2) is 59.8 Å². The van der Waals surface area contributed by atoms with Crippen LogP contribution >= 0.6 is 11.8 Å². The molecule has 0 spiro atoms. The van der Waals surface area contributed by atoms with E-state index in [1.807, 2.05) is 47.1 Å². The molecule has 0 saturated heterocycles. The zero-order valence-electron chi connectivity index (χ0n) is 11.9. The molecule has 2 aromatic carbocycles. The smallest absolute Gasteiger partial charge is 0.212 e. The second kappa shape index (κ2) is 5.38. The van der Waals surface area contributed by atoms with Crippen LogP contribution in [-0.2, 0) is 0 Å². The molecule has 22 heavy (non-hydrogen) atoms. The van der Waals surface area contributed by atoms with Crippen LogP contribution in [0.3, 0.4) is 0 Å². The van der Waals surface area contributed by atoms with Crippen molar-refractivity contribution in [2.45, 2.75) is 10.5 Å². The molecule has 0 bridgehead atoms. The van der Waals surface area contributed by atoms with Crippen LogP contribution in [0.25, 0.3) is 11.4 Å². The Morgan fingerprint density at radius 1 is 1.05 bits per heavy atom. The molecule has 0 saturated carbocycles. The summed E-state index contributed by atoms with van der Waals surface area (Å²) in [5.74, 6) is 1.69. The molecule has 0 fully saturated rings. The first-order chi connectivity index (χ1) is 10.8. The van der Waals surface area contributed by atoms with Crippen molar-refractivity contribution in [3.8, 4) is 17.1 Å². The average Bonchev–Trinajstić information content (AvgIpc) is 3.16. The molecule has 1 aromatic heterocycles. The van der Waals surface area contributed by atoms with Gasteiger partial charge in [0.15, 0.2) is 5.82 Å². The van der Waals surface area contributed by atoms with Gasteiger partial charge in [-0.2, -0.15) is 0 Å². The molecule has 6 heteroatoms. The lowest BCUT2D eigenvalue weighted by atomic mass is 10.2. The number of aromatic nitrogens is 3. The topological polar surface area (TPSA) is 52.0 Å². The third-order valence-electron chi connectivity index (χ3n) is 3.55. The van der Waals surface area contributed by atoms with Crippen molar-refractivity contribution in [1.82, 2.24) is 14.9 Å². The van der Waals surface area contributed by atoms with Crippen LogP contribution in [-0.4, -0.2) is 22.0 Å². The normalized spacial score (nSPS) is 16.1. The SMILES string of the molecule is COc1ccc([C@H]2Nn3c(nnc3-c3ccccc3)S2)cc1. The molecule has 110 valence electrons. The van der Waals surface area contributed by atoms with E-state index in [0.29, 0.717) is 0 Å². The maximum absolute atomic E-state index is 5.20. The number of ether oxygens (including phenoxy) is 1. The van der Waals surface area contributed by atoms with E-state index in [2.05, 4.69) is 27.8 Å². The number of hydrogen-bond acceptors (Lipinski definition) is 5. The Hall–Kier alpha value is -2.47. The fourth-order valence-electron chi connectivity index (χ4n) is 2.41. The van der Waals surface area contributed by atoms with E-state index in [4.69, 9.17) is 4.74 Å². The summed E-state index contributed by atoms with van der Waals surface area (Å²) in [5, 5.41) is 9.54. The molecular weight excluding hydrogens is 296 g/mol. The molecular formula is C16H14N4OS. The van der Waals surface area contributed by atoms with Gasteiger partial charge in [0.05, 0.1) is 7.11 Å². The van der Waals surface area contributed by atoms with E-state index in [0.717, 1.165) is 22.3 Å². The van der Waals surface area contributed by atoms with Crippen LogP contribution in [0.2, 0.25) is 0 Å². The van der Waals surface area contributed by atoms with Crippen LogP contribution < -0.4 is 10.2 Å². The van der Waals surface area contributed by atoms with Gasteiger partial charge in [-0.3, -0.25) is 0 Å². The number of nitrogens with one attached hydrogen (secondary N) is 1. The Morgan fingerprint density at radius 2 is 1.82 bits per heavy atom. The lowest BCUT2D eigenvalue weighted by Gasteiger charge is -2.12. The number of rotatable bonds is 3. The summed E-state index contributed by atoms with van der Waals surface area (Å²) in [6, 6.07) is 18.1. The molecule has 1 atom stereocenters. The van der Waals surface area contributed by atoms with E-state index in [1.54, 1.807) is 18.9 Å². The third-order valence-corrected chi connectivity index (χ3v) is 4.64. The summed E-state index contributed by atoms with van der Waals surface area (Å²) in [7, 11) is 1.67. The molecule has 1 N–H and O–H groups in total. The van der Waals surface area contributed by atoms with Gasteiger partial charge in [-0.25, -0.2) is 4.68 Å². The van der Waals surface area contributed by atoms with Crippen LogP contribution in [0.4, 0.5) is 0 Å². The second-order valence-electron chi connectivity index (χ2n) is 4.91. The van der Waals surface area contributed by atoms with Crippen molar-refractivity contribution in [1.29, 1.82) is 0 Å². The van der Waals surface area contributed by atoms with Gasteiger partial charge in [-0.05, 0) is 17.7 Å². The zero-order valence-corrected chi connectivity index (χ0v) is 12.7. The van der Waals surface area contributed by atoms with Crippen molar-refractivity contribution >= 4 is 11.8 Å². The lowest BCUT2D eigenvalue weighted by Crippen LogP contribution is -2.13. The number of thioether (sulfide) groups is 1. The van der Waals surface area contributed by atoms with Gasteiger partial charge in [0.2, 0.25) is 5.16 Å². The average molecular weight is 310 g/mol. The largest absolute Gasteiger partial charge is 0.497 e. The molecule has 1 aliphatic heterocycles. The maximum Gasteiger partial charge on any atom is 0.212 e. The summed E-state index contributed by atoms with van der Waals surface area (Å²) in [6.45, 7) is 0. The number of methoxy groups -OCH3 is 1. The summed E-state index contributed by atoms with van der Waals surface area (Å²) >= 11 is 1.66. The van der Waals surface area contributed by atoms with Gasteiger partial charge in [0.25, 0.3) is 0 Å². The van der Waals surface area contributed by atoms with E-state index in [-0.39, 0.29) is 5.37 Å². The van der Waals surface area contributed by atoms with Gasteiger partial charge in [-0.15, -0.1) is 10.2 Å². The Kier molecular flexibility index (Phi) is 3.23. The van der Waals surface area contributed by atoms with E-state index in [1.165, 1.54) is 5.56 Å². The lowest BCUT2D eigenvalue weighted by molar-refractivity contribution is 0.414. The molecule has 3 aromatic rings. The predicted molar refractivity (Wildman–Crippen MR) is 86.4 cm³/mol. The van der Waals surface area contributed by atoms with Crippen molar-refractivity contribution in [2.24, 2.45) is 0 Å². The van der Waals surface area contributed by atoms with Gasteiger partial charge in [0, 0.05) is 5.56 Å². The molecule has 4 rings (SSSR count). The van der Waals surface area contributed by atoms with E-state index < -0.39 is 0 Å². The highest BCUT2D eigenvalue weighted by molar-refractivity contribution is 7.99. The van der Waals surface area contributed by atoms with Gasteiger partial charge in [0.1, 0.15) is 11.1 Å². The van der Waals surface area contributed by atoms with Crippen molar-refractivity contribution < 1.29 is 4.74 Å². The Bertz CT molecular complexity index is 786.